The van der Waals surface area contributed by atoms with Crippen LogP contribution in [0.4, 0.5) is 4.79 Å². The molecule has 0 aliphatic heterocycles. The Kier molecular flexibility index (Phi) is 4.85. The van der Waals surface area contributed by atoms with Crippen LogP contribution in [0, 0.1) is 0 Å². The van der Waals surface area contributed by atoms with Gasteiger partial charge in [0, 0.05) is 7.05 Å². The molecule has 0 radical (unpaired) electrons. The smallest absolute Gasteiger partial charge is 0.407 e. The third-order valence-corrected chi connectivity index (χ3v) is 1.98. The van der Waals surface area contributed by atoms with Gasteiger partial charge in [0.25, 0.3) is 0 Å². The van der Waals surface area contributed by atoms with Crippen molar-refractivity contribution in [3.63, 3.8) is 0 Å². The van der Waals surface area contributed by atoms with Gasteiger partial charge in [-0.15, -0.1) is 5.10 Å². The largest absolute Gasteiger partial charge is 0.444 e. The Bertz CT molecular complexity index is 449. The van der Waals surface area contributed by atoms with Crippen LogP contribution in [0.3, 0.4) is 0 Å². The van der Waals surface area contributed by atoms with E-state index in [-0.39, 0.29) is 19.0 Å². The van der Waals surface area contributed by atoms with Crippen LogP contribution in [0.1, 0.15) is 26.5 Å². The van der Waals surface area contributed by atoms with Crippen molar-refractivity contribution in [1.82, 2.24) is 25.6 Å². The topological polar surface area (TPSA) is 98.1 Å². The Morgan fingerprint density at radius 1 is 1.42 bits per heavy atom. The third kappa shape index (κ3) is 5.84. The third-order valence-electron chi connectivity index (χ3n) is 1.98. The molecule has 106 valence electrons. The second kappa shape index (κ2) is 6.17. The van der Waals surface area contributed by atoms with Crippen molar-refractivity contribution in [3.05, 3.63) is 11.9 Å². The van der Waals surface area contributed by atoms with Gasteiger partial charge >= 0.3 is 6.09 Å². The monoisotopic (exact) mass is 269 g/mol. The van der Waals surface area contributed by atoms with E-state index >= 15 is 0 Å². The molecule has 0 saturated heterocycles. The Balaban J connectivity index is 2.42. The fourth-order valence-corrected chi connectivity index (χ4v) is 1.20. The maximum Gasteiger partial charge on any atom is 0.407 e. The summed E-state index contributed by atoms with van der Waals surface area (Å²) in [5, 5.41) is 12.6. The highest BCUT2D eigenvalue weighted by molar-refractivity contribution is 5.75. The van der Waals surface area contributed by atoms with Crippen molar-refractivity contribution in [2.45, 2.75) is 39.5 Å². The molecule has 1 aromatic rings. The minimum absolute atomic E-state index is 0.0932. The highest BCUT2D eigenvalue weighted by Crippen LogP contribution is 2.06. The predicted octanol–water partition coefficient (Wildman–Crippen LogP) is 0.0488. The van der Waals surface area contributed by atoms with Crippen LogP contribution < -0.4 is 10.6 Å². The van der Waals surface area contributed by atoms with E-state index in [0.29, 0.717) is 5.69 Å². The van der Waals surface area contributed by atoms with Crippen molar-refractivity contribution in [3.8, 4) is 0 Å². The van der Waals surface area contributed by atoms with Gasteiger partial charge in [-0.3, -0.25) is 4.79 Å². The van der Waals surface area contributed by atoms with Gasteiger partial charge in [0.05, 0.1) is 12.7 Å². The first-order chi connectivity index (χ1) is 8.80. The molecule has 0 aromatic carbocycles. The van der Waals surface area contributed by atoms with Crippen LogP contribution in [-0.2, 0) is 22.6 Å². The fourth-order valence-electron chi connectivity index (χ4n) is 1.20. The van der Waals surface area contributed by atoms with E-state index in [2.05, 4.69) is 20.9 Å². The molecule has 0 unspecified atom stereocenters. The number of nitrogens with one attached hydrogen (secondary N) is 2. The lowest BCUT2D eigenvalue weighted by molar-refractivity contribution is -0.121. The maximum absolute atomic E-state index is 11.4. The Morgan fingerprint density at radius 2 is 2.11 bits per heavy atom. The summed E-state index contributed by atoms with van der Waals surface area (Å²) in [6.07, 6.45) is 1.07. The summed E-state index contributed by atoms with van der Waals surface area (Å²) in [7, 11) is 1.55. The van der Waals surface area contributed by atoms with E-state index in [1.165, 1.54) is 4.68 Å². The van der Waals surface area contributed by atoms with Crippen LogP contribution in [-0.4, -0.2) is 39.6 Å². The first-order valence-electron chi connectivity index (χ1n) is 5.86. The Labute approximate surface area is 111 Å². The zero-order valence-electron chi connectivity index (χ0n) is 11.6. The van der Waals surface area contributed by atoms with Crippen LogP contribution in [0.5, 0.6) is 0 Å². The molecule has 19 heavy (non-hydrogen) atoms. The molecule has 0 bridgehead atoms. The number of nitrogens with zero attached hydrogens (tertiary/aromatic N) is 3. The number of rotatable bonds is 4. The quantitative estimate of drug-likeness (QED) is 0.804. The lowest BCUT2D eigenvalue weighted by atomic mass is 10.2. The standard InChI is InChI=1S/C11H19N5O3/c1-11(2,3)19-10(18)13-5-8-6-16(15-14-8)7-9(17)12-4/h6H,5,7H2,1-4H3,(H,12,17)(H,13,18). The van der Waals surface area contributed by atoms with Crippen molar-refractivity contribution in [2.24, 2.45) is 0 Å². The average molecular weight is 269 g/mol. The summed E-state index contributed by atoms with van der Waals surface area (Å²) in [5.41, 5.74) is 0.00994. The summed E-state index contributed by atoms with van der Waals surface area (Å²) in [5.74, 6) is -0.170. The van der Waals surface area contributed by atoms with Gasteiger partial charge < -0.3 is 15.4 Å². The van der Waals surface area contributed by atoms with Crippen molar-refractivity contribution in [1.29, 1.82) is 0 Å². The van der Waals surface area contributed by atoms with Crippen LogP contribution in [0.2, 0.25) is 0 Å². The Hall–Kier alpha value is -2.12. The van der Waals surface area contributed by atoms with Crippen LogP contribution in [0.25, 0.3) is 0 Å². The second-order valence-electron chi connectivity index (χ2n) is 4.94. The normalized spacial score (nSPS) is 10.9. The molecule has 0 aliphatic carbocycles. The van der Waals surface area contributed by atoms with Crippen LogP contribution in [0.15, 0.2) is 6.20 Å². The molecule has 1 rings (SSSR count). The molecule has 8 heteroatoms. The number of carbonyl (C=O) groups is 2. The summed E-state index contributed by atoms with van der Waals surface area (Å²) in [6.45, 7) is 5.64. The fraction of sp³-hybridized carbons (Fsp3) is 0.636. The van der Waals surface area contributed by atoms with Gasteiger partial charge in [0.15, 0.2) is 0 Å². The summed E-state index contributed by atoms with van der Waals surface area (Å²) in [6, 6.07) is 0. The van der Waals surface area contributed by atoms with Gasteiger partial charge in [-0.1, -0.05) is 5.21 Å². The van der Waals surface area contributed by atoms with Gasteiger partial charge in [-0.2, -0.15) is 0 Å². The minimum Gasteiger partial charge on any atom is -0.444 e. The zero-order chi connectivity index (χ0) is 14.5. The molecule has 0 atom stereocenters. The molecule has 8 nitrogen and oxygen atoms in total. The number of hydrogen-bond acceptors (Lipinski definition) is 5. The first kappa shape index (κ1) is 14.9. The SMILES string of the molecule is CNC(=O)Cn1cc(CNC(=O)OC(C)(C)C)nn1. The molecule has 2 N–H and O–H groups in total. The van der Waals surface area contributed by atoms with E-state index in [4.69, 9.17) is 4.74 Å². The van der Waals surface area contributed by atoms with Crippen molar-refractivity contribution in [2.75, 3.05) is 7.05 Å². The molecule has 0 fully saturated rings. The second-order valence-corrected chi connectivity index (χ2v) is 4.94. The van der Waals surface area contributed by atoms with E-state index in [0.717, 1.165) is 0 Å². The number of likely N-dealkylation sites (N-methyl/N-ethyl adjacent to an activating group) is 1. The zero-order valence-corrected chi connectivity index (χ0v) is 11.6. The van der Waals surface area contributed by atoms with E-state index in [1.807, 2.05) is 0 Å². The molecule has 0 aliphatic rings. The number of aromatic nitrogens is 3. The minimum atomic E-state index is -0.541. The highest BCUT2D eigenvalue weighted by Gasteiger charge is 2.16. The highest BCUT2D eigenvalue weighted by atomic mass is 16.6. The van der Waals surface area contributed by atoms with Crippen molar-refractivity contribution >= 4 is 12.0 Å². The molecule has 1 aromatic heterocycles. The maximum atomic E-state index is 11.4. The summed E-state index contributed by atoms with van der Waals surface area (Å²) >= 11 is 0. The molecule has 0 spiro atoms. The molecule has 0 saturated carbocycles. The van der Waals surface area contributed by atoms with E-state index in [9.17, 15) is 9.59 Å². The lowest BCUT2D eigenvalue weighted by Gasteiger charge is -2.19. The Morgan fingerprint density at radius 3 is 2.68 bits per heavy atom. The molecule has 2 amide bonds. The predicted molar refractivity (Wildman–Crippen MR) is 67.2 cm³/mol. The van der Waals surface area contributed by atoms with E-state index in [1.54, 1.807) is 34.0 Å². The van der Waals surface area contributed by atoms with Gasteiger partial charge in [0.1, 0.15) is 17.8 Å². The van der Waals surface area contributed by atoms with Crippen molar-refractivity contribution < 1.29 is 14.3 Å². The number of amides is 2. The van der Waals surface area contributed by atoms with Crippen LogP contribution >= 0.6 is 0 Å². The average Bonchev–Trinajstić information content (AvgIpc) is 2.71. The number of alkyl carbamates (subject to hydrolysis) is 1. The van der Waals surface area contributed by atoms with Gasteiger partial charge in [-0.25, -0.2) is 9.48 Å². The van der Waals surface area contributed by atoms with Gasteiger partial charge in [-0.05, 0) is 20.8 Å². The molecular weight excluding hydrogens is 250 g/mol. The number of hydrogen-bond donors (Lipinski definition) is 2. The lowest BCUT2D eigenvalue weighted by Crippen LogP contribution is -2.32. The molecule has 1 heterocycles. The summed E-state index contributed by atoms with van der Waals surface area (Å²) in [4.78, 5) is 22.5. The first-order valence-corrected chi connectivity index (χ1v) is 5.86. The number of ether oxygens (including phenoxy) is 1. The van der Waals surface area contributed by atoms with Gasteiger partial charge in [0.2, 0.25) is 5.91 Å². The summed E-state index contributed by atoms with van der Waals surface area (Å²) < 4.78 is 6.47. The molecular formula is C11H19N5O3. The number of carbonyl (C=O) groups excluding carboxylic acids is 2. The van der Waals surface area contributed by atoms with E-state index < -0.39 is 11.7 Å².